The molecule has 2 atom stereocenters. The van der Waals surface area contributed by atoms with Crippen molar-refractivity contribution in [3.05, 3.63) is 61.7 Å². The molecule has 6 rings (SSSR count). The van der Waals surface area contributed by atoms with Gasteiger partial charge >= 0.3 is 12.1 Å². The molecule has 1 aromatic carbocycles. The van der Waals surface area contributed by atoms with Gasteiger partial charge in [-0.3, -0.25) is 9.59 Å². The average molecular weight is 607 g/mol. The lowest BCUT2D eigenvalue weighted by molar-refractivity contribution is -0.172. The summed E-state index contributed by atoms with van der Waals surface area (Å²) in [5, 5.41) is 17.6. The molecule has 0 bridgehead atoms. The Bertz CT molecular complexity index is 1830. The summed E-state index contributed by atoms with van der Waals surface area (Å²) in [6.45, 7) is 8.58. The van der Waals surface area contributed by atoms with Gasteiger partial charge in [-0.15, -0.1) is 0 Å². The predicted octanol–water partition coefficient (Wildman–Crippen LogP) is 3.55. The van der Waals surface area contributed by atoms with Crippen LogP contribution in [-0.4, -0.2) is 44.8 Å². The number of cyclic esters (lactones) is 1. The first-order chi connectivity index (χ1) is 20.7. The Balaban J connectivity index is 1.41. The number of hydrogen-bond donors (Lipinski definition) is 3. The maximum Gasteiger partial charge on any atom is 0.407 e. The number of ether oxygens (including phenoxy) is 2. The van der Waals surface area contributed by atoms with Crippen molar-refractivity contribution in [1.82, 2.24) is 20.2 Å². The number of nitrogens with one attached hydrogen (secondary N) is 2. The molecular weight excluding hydrogens is 571 g/mol. The highest BCUT2D eigenvalue weighted by molar-refractivity contribution is 5.94. The molecule has 232 valence electrons. The number of fused-ring (bicyclic) bond motifs is 5. The van der Waals surface area contributed by atoms with E-state index in [0.29, 0.717) is 40.9 Å². The number of amides is 2. The smallest absolute Gasteiger partial charge is 0.407 e. The van der Waals surface area contributed by atoms with E-state index in [0.717, 1.165) is 16.5 Å². The number of carbonyl (C=O) groups excluding carboxylic acids is 3. The van der Waals surface area contributed by atoms with Gasteiger partial charge in [0.15, 0.2) is 5.60 Å². The van der Waals surface area contributed by atoms with Crippen LogP contribution in [0.2, 0.25) is 0 Å². The van der Waals surface area contributed by atoms with Crippen molar-refractivity contribution in [3.63, 3.8) is 0 Å². The minimum absolute atomic E-state index is 0.00964. The summed E-state index contributed by atoms with van der Waals surface area (Å²) >= 11 is 0. The van der Waals surface area contributed by atoms with Crippen LogP contribution in [0.5, 0.6) is 0 Å². The summed E-state index contributed by atoms with van der Waals surface area (Å²) in [6.07, 6.45) is 0.413. The number of nitrogens with zero attached hydrogens (tertiary/aromatic N) is 2. The fraction of sp³-hybridized carbons (Fsp3) is 0.469. The van der Waals surface area contributed by atoms with Crippen LogP contribution in [0.1, 0.15) is 86.4 Å². The van der Waals surface area contributed by atoms with Gasteiger partial charge in [-0.2, -0.15) is 0 Å². The largest absolute Gasteiger partial charge is 0.458 e. The van der Waals surface area contributed by atoms with Crippen LogP contribution in [0, 0.1) is 12.7 Å². The lowest BCUT2D eigenvalue weighted by Gasteiger charge is -2.31. The molecule has 0 radical (unpaired) electrons. The highest BCUT2D eigenvalue weighted by atomic mass is 19.1. The van der Waals surface area contributed by atoms with Crippen LogP contribution >= 0.6 is 0 Å². The van der Waals surface area contributed by atoms with E-state index in [1.807, 2.05) is 0 Å². The second kappa shape index (κ2) is 10.4. The maximum atomic E-state index is 15.1. The summed E-state index contributed by atoms with van der Waals surface area (Å²) in [6, 6.07) is 2.52. The molecular formula is C32H35FN4O7. The number of pyridine rings is 2. The Morgan fingerprint density at radius 3 is 2.68 bits per heavy atom. The number of benzene rings is 1. The molecule has 0 saturated carbocycles. The summed E-state index contributed by atoms with van der Waals surface area (Å²) in [5.41, 5.74) is 1.39. The Kier molecular flexibility index (Phi) is 7.03. The lowest BCUT2D eigenvalue weighted by atomic mass is 9.81. The van der Waals surface area contributed by atoms with Gasteiger partial charge in [0.05, 0.1) is 35.1 Å². The molecule has 0 fully saturated rings. The van der Waals surface area contributed by atoms with Gasteiger partial charge in [0.2, 0.25) is 5.91 Å². The topological polar surface area (TPSA) is 149 Å². The zero-order chi connectivity index (χ0) is 31.7. The van der Waals surface area contributed by atoms with E-state index < -0.39 is 40.7 Å². The highest BCUT2D eigenvalue weighted by Gasteiger charge is 2.46. The number of aryl methyl sites for hydroxylation is 1. The Morgan fingerprint density at radius 2 is 1.98 bits per heavy atom. The number of aromatic nitrogens is 2. The van der Waals surface area contributed by atoms with Crippen molar-refractivity contribution in [3.8, 4) is 11.4 Å². The van der Waals surface area contributed by atoms with Crippen molar-refractivity contribution >= 4 is 28.9 Å². The fourth-order valence-corrected chi connectivity index (χ4v) is 6.56. The first-order valence-corrected chi connectivity index (χ1v) is 14.8. The normalized spacial score (nSPS) is 20.0. The number of aliphatic hydroxyl groups is 1. The molecule has 2 aliphatic heterocycles. The monoisotopic (exact) mass is 606 g/mol. The number of carbonyl (C=O) groups is 3. The van der Waals surface area contributed by atoms with Crippen molar-refractivity contribution < 1.29 is 33.4 Å². The molecule has 2 amide bonds. The van der Waals surface area contributed by atoms with Gasteiger partial charge in [0, 0.05) is 35.5 Å². The summed E-state index contributed by atoms with van der Waals surface area (Å²) in [7, 11) is 0. The number of alkyl carbamates (subject to hydrolysis) is 1. The van der Waals surface area contributed by atoms with E-state index in [1.165, 1.54) is 10.6 Å². The first-order valence-electron chi connectivity index (χ1n) is 14.8. The second-order valence-electron chi connectivity index (χ2n) is 12.6. The maximum absolute atomic E-state index is 15.1. The van der Waals surface area contributed by atoms with Gasteiger partial charge in [0.1, 0.15) is 18.0 Å². The first kappa shape index (κ1) is 29.7. The standard InChI is InChI=1S/C32H35FN4O7/c1-6-32(42)19-11-23-27-17(13-37(23)28(39)18(19)14-43-29(32)40)26-21(35-24(38)9-10-34-30(41)44-31(3,4)5)8-7-16-15(2)20(33)12-22(36-27)25(16)26/h11-12,21,42H,6-10,13-14H2,1-5H3,(H,34,41)(H,35,38)/t21-,32-/m0/s1. The summed E-state index contributed by atoms with van der Waals surface area (Å²) < 4.78 is 27.0. The molecule has 44 heavy (non-hydrogen) atoms. The lowest BCUT2D eigenvalue weighted by Crippen LogP contribution is -2.44. The Morgan fingerprint density at radius 1 is 1.23 bits per heavy atom. The Hall–Kier alpha value is -4.32. The van der Waals surface area contributed by atoms with Crippen LogP contribution in [-0.2, 0) is 44.2 Å². The van der Waals surface area contributed by atoms with Gasteiger partial charge in [-0.05, 0) is 69.7 Å². The zero-order valence-electron chi connectivity index (χ0n) is 25.4. The van der Waals surface area contributed by atoms with Crippen molar-refractivity contribution in [2.45, 2.75) is 90.7 Å². The molecule has 3 N–H and O–H groups in total. The molecule has 3 aromatic rings. The second-order valence-corrected chi connectivity index (χ2v) is 12.6. The van der Waals surface area contributed by atoms with Crippen LogP contribution in [0.4, 0.5) is 9.18 Å². The van der Waals surface area contributed by atoms with Gasteiger partial charge in [-0.1, -0.05) is 6.92 Å². The van der Waals surface area contributed by atoms with Crippen LogP contribution in [0.3, 0.4) is 0 Å². The molecule has 12 heteroatoms. The third-order valence-corrected chi connectivity index (χ3v) is 8.73. The van der Waals surface area contributed by atoms with Gasteiger partial charge in [-0.25, -0.2) is 19.0 Å². The summed E-state index contributed by atoms with van der Waals surface area (Å²) in [5.74, 6) is -1.51. The number of halogens is 1. The van der Waals surface area contributed by atoms with E-state index in [2.05, 4.69) is 10.6 Å². The van der Waals surface area contributed by atoms with Crippen molar-refractivity contribution in [1.29, 1.82) is 0 Å². The van der Waals surface area contributed by atoms with Crippen molar-refractivity contribution in [2.24, 2.45) is 0 Å². The van der Waals surface area contributed by atoms with E-state index in [-0.39, 0.29) is 49.6 Å². The molecule has 3 aliphatic rings. The average Bonchev–Trinajstić information content (AvgIpc) is 3.32. The SMILES string of the molecule is CC[C@@]1(O)C(=O)OCc2c1cc1n(c2=O)Cc2c-1nc1cc(F)c(C)c3c1c2[C@@H](NC(=O)CCNC(=O)OC(C)(C)C)CC3. The minimum atomic E-state index is -1.98. The molecule has 4 heterocycles. The number of hydrogen-bond acceptors (Lipinski definition) is 8. The number of esters is 1. The molecule has 11 nitrogen and oxygen atoms in total. The molecule has 0 unspecified atom stereocenters. The van der Waals surface area contributed by atoms with Gasteiger partial charge in [0.25, 0.3) is 5.56 Å². The molecule has 1 aliphatic carbocycles. The molecule has 0 saturated heterocycles. The van der Waals surface area contributed by atoms with E-state index in [4.69, 9.17) is 14.5 Å². The third-order valence-electron chi connectivity index (χ3n) is 8.73. The van der Waals surface area contributed by atoms with E-state index >= 15 is 4.39 Å². The predicted molar refractivity (Wildman–Crippen MR) is 157 cm³/mol. The third kappa shape index (κ3) is 4.72. The minimum Gasteiger partial charge on any atom is -0.458 e. The van der Waals surface area contributed by atoms with Crippen LogP contribution < -0.4 is 16.2 Å². The fourth-order valence-electron chi connectivity index (χ4n) is 6.56. The number of rotatable bonds is 5. The van der Waals surface area contributed by atoms with Gasteiger partial charge < -0.3 is 29.8 Å². The zero-order valence-corrected chi connectivity index (χ0v) is 25.4. The molecule has 0 spiro atoms. The summed E-state index contributed by atoms with van der Waals surface area (Å²) in [4.78, 5) is 56.3. The van der Waals surface area contributed by atoms with Crippen LogP contribution in [0.25, 0.3) is 22.3 Å². The van der Waals surface area contributed by atoms with Crippen LogP contribution in [0.15, 0.2) is 16.9 Å². The van der Waals surface area contributed by atoms with E-state index in [1.54, 1.807) is 40.7 Å². The van der Waals surface area contributed by atoms with Crippen molar-refractivity contribution in [2.75, 3.05) is 6.54 Å². The Labute approximate surface area is 252 Å². The molecule has 2 aromatic heterocycles. The van der Waals surface area contributed by atoms with E-state index in [9.17, 15) is 24.3 Å². The highest BCUT2D eigenvalue weighted by Crippen LogP contribution is 2.45. The quantitative estimate of drug-likeness (QED) is 0.292.